The van der Waals surface area contributed by atoms with Crippen molar-refractivity contribution in [3.05, 3.63) is 48.0 Å². The highest BCUT2D eigenvalue weighted by Crippen LogP contribution is 2.38. The van der Waals surface area contributed by atoms with Crippen LogP contribution in [0.1, 0.15) is 29.9 Å². The fourth-order valence-electron chi connectivity index (χ4n) is 2.37. The van der Waals surface area contributed by atoms with Gasteiger partial charge in [0.05, 0.1) is 12.1 Å². The summed E-state index contributed by atoms with van der Waals surface area (Å²) in [6.45, 7) is 4.02. The standard InChI is InChI=1S/C15H18F3N3/c1-2-7-20-14(19)21-13-8-11(9-13)10-3-5-12(6-4-10)15(16,17)18/h2-6,11,13H,1,7-9H2,(H3,19,20,21). The van der Waals surface area contributed by atoms with Crippen LogP contribution in [0.4, 0.5) is 13.2 Å². The van der Waals surface area contributed by atoms with Crippen molar-refractivity contribution in [1.82, 2.24) is 5.32 Å². The van der Waals surface area contributed by atoms with Gasteiger partial charge in [-0.1, -0.05) is 18.2 Å². The molecule has 3 N–H and O–H groups in total. The Morgan fingerprint density at radius 2 is 1.95 bits per heavy atom. The number of nitrogens with zero attached hydrogens (tertiary/aromatic N) is 1. The third-order valence-corrected chi connectivity index (χ3v) is 3.59. The van der Waals surface area contributed by atoms with Crippen LogP contribution in [-0.4, -0.2) is 18.5 Å². The monoisotopic (exact) mass is 297 g/mol. The van der Waals surface area contributed by atoms with Crippen molar-refractivity contribution in [3.63, 3.8) is 0 Å². The number of rotatable bonds is 4. The van der Waals surface area contributed by atoms with Crippen LogP contribution in [0.25, 0.3) is 0 Å². The lowest BCUT2D eigenvalue weighted by Gasteiger charge is -2.36. The van der Waals surface area contributed by atoms with E-state index in [1.165, 1.54) is 0 Å². The molecular weight excluding hydrogens is 279 g/mol. The molecule has 3 nitrogen and oxygen atoms in total. The first kappa shape index (κ1) is 15.4. The molecule has 0 saturated heterocycles. The van der Waals surface area contributed by atoms with E-state index >= 15 is 0 Å². The number of halogens is 3. The minimum Gasteiger partial charge on any atom is -0.370 e. The lowest BCUT2D eigenvalue weighted by molar-refractivity contribution is -0.137. The molecule has 0 radical (unpaired) electrons. The van der Waals surface area contributed by atoms with E-state index < -0.39 is 11.7 Å². The van der Waals surface area contributed by atoms with Gasteiger partial charge in [-0.2, -0.15) is 13.2 Å². The fraction of sp³-hybridized carbons (Fsp3) is 0.400. The molecule has 0 unspecified atom stereocenters. The van der Waals surface area contributed by atoms with Crippen LogP contribution in [0.15, 0.2) is 41.9 Å². The Balaban J connectivity index is 1.86. The molecule has 0 atom stereocenters. The number of alkyl halides is 3. The number of benzene rings is 1. The molecule has 2 rings (SSSR count). The number of hydrogen-bond donors (Lipinski definition) is 2. The zero-order valence-corrected chi connectivity index (χ0v) is 11.5. The Kier molecular flexibility index (Phi) is 4.55. The molecule has 1 fully saturated rings. The van der Waals surface area contributed by atoms with Gasteiger partial charge in [0.25, 0.3) is 0 Å². The summed E-state index contributed by atoms with van der Waals surface area (Å²) < 4.78 is 37.4. The summed E-state index contributed by atoms with van der Waals surface area (Å²) in [7, 11) is 0. The Morgan fingerprint density at radius 3 is 2.48 bits per heavy atom. The molecular formula is C15H18F3N3. The predicted molar refractivity (Wildman–Crippen MR) is 77.0 cm³/mol. The molecule has 114 valence electrons. The number of nitrogens with one attached hydrogen (secondary N) is 1. The maximum absolute atomic E-state index is 12.5. The van der Waals surface area contributed by atoms with Crippen LogP contribution in [0.2, 0.25) is 0 Å². The third kappa shape index (κ3) is 4.00. The second-order valence-electron chi connectivity index (χ2n) is 5.14. The maximum Gasteiger partial charge on any atom is 0.416 e. The molecule has 0 heterocycles. The van der Waals surface area contributed by atoms with Crippen LogP contribution in [0.5, 0.6) is 0 Å². The summed E-state index contributed by atoms with van der Waals surface area (Å²) in [6.07, 6.45) is -0.941. The number of guanidine groups is 1. The average molecular weight is 297 g/mol. The molecule has 0 amide bonds. The van der Waals surface area contributed by atoms with Crippen molar-refractivity contribution in [1.29, 1.82) is 0 Å². The van der Waals surface area contributed by atoms with E-state index in [0.717, 1.165) is 30.5 Å². The van der Waals surface area contributed by atoms with E-state index in [1.807, 2.05) is 0 Å². The Hall–Kier alpha value is -1.98. The van der Waals surface area contributed by atoms with Gasteiger partial charge in [0.2, 0.25) is 0 Å². The van der Waals surface area contributed by atoms with E-state index in [9.17, 15) is 13.2 Å². The van der Waals surface area contributed by atoms with Crippen molar-refractivity contribution in [3.8, 4) is 0 Å². The van der Waals surface area contributed by atoms with Crippen LogP contribution in [0.3, 0.4) is 0 Å². The molecule has 21 heavy (non-hydrogen) atoms. The smallest absolute Gasteiger partial charge is 0.370 e. The lowest BCUT2D eigenvalue weighted by Crippen LogP contribution is -2.46. The minimum atomic E-state index is -4.28. The van der Waals surface area contributed by atoms with E-state index in [1.54, 1.807) is 18.2 Å². The first-order chi connectivity index (χ1) is 9.90. The molecule has 1 saturated carbocycles. The quantitative estimate of drug-likeness (QED) is 0.510. The van der Waals surface area contributed by atoms with Crippen molar-refractivity contribution in [2.45, 2.75) is 31.0 Å². The number of nitrogens with two attached hydrogens (primary N) is 1. The third-order valence-electron chi connectivity index (χ3n) is 3.59. The lowest BCUT2D eigenvalue weighted by atomic mass is 9.76. The van der Waals surface area contributed by atoms with Gasteiger partial charge in [-0.05, 0) is 36.5 Å². The van der Waals surface area contributed by atoms with Crippen LogP contribution < -0.4 is 11.1 Å². The average Bonchev–Trinajstić information content (AvgIpc) is 2.39. The van der Waals surface area contributed by atoms with Gasteiger partial charge >= 0.3 is 6.18 Å². The fourth-order valence-corrected chi connectivity index (χ4v) is 2.37. The summed E-state index contributed by atoms with van der Waals surface area (Å²) in [4.78, 5) is 4.04. The summed E-state index contributed by atoms with van der Waals surface area (Å²) in [6, 6.07) is 5.61. The van der Waals surface area contributed by atoms with Crippen LogP contribution >= 0.6 is 0 Å². The van der Waals surface area contributed by atoms with Gasteiger partial charge in [0.1, 0.15) is 0 Å². The first-order valence-corrected chi connectivity index (χ1v) is 6.74. The Bertz CT molecular complexity index is 514. The van der Waals surface area contributed by atoms with E-state index in [-0.39, 0.29) is 12.0 Å². The van der Waals surface area contributed by atoms with E-state index in [4.69, 9.17) is 5.73 Å². The molecule has 1 aromatic rings. The molecule has 0 aromatic heterocycles. The van der Waals surface area contributed by atoms with Gasteiger partial charge in [-0.15, -0.1) is 6.58 Å². The maximum atomic E-state index is 12.5. The highest BCUT2D eigenvalue weighted by atomic mass is 19.4. The topological polar surface area (TPSA) is 50.4 Å². The van der Waals surface area contributed by atoms with Crippen LogP contribution in [0, 0.1) is 0 Å². The largest absolute Gasteiger partial charge is 0.416 e. The minimum absolute atomic E-state index is 0.228. The normalized spacial score (nSPS) is 22.5. The SMILES string of the molecule is C=CCN=C(N)NC1CC(c2ccc(C(F)(F)F)cc2)C1. The second kappa shape index (κ2) is 6.20. The van der Waals surface area contributed by atoms with Crippen molar-refractivity contribution in [2.24, 2.45) is 10.7 Å². The van der Waals surface area contributed by atoms with Gasteiger partial charge in [0, 0.05) is 6.04 Å². The summed E-state index contributed by atoms with van der Waals surface area (Å²) in [5.41, 5.74) is 6.01. The van der Waals surface area contributed by atoms with Crippen molar-refractivity contribution in [2.75, 3.05) is 6.54 Å². The van der Waals surface area contributed by atoms with Gasteiger partial charge in [-0.3, -0.25) is 0 Å². The summed E-state index contributed by atoms with van der Waals surface area (Å²) in [5, 5.41) is 3.09. The molecule has 1 aliphatic rings. The van der Waals surface area contributed by atoms with Crippen molar-refractivity contribution >= 4 is 5.96 Å². The van der Waals surface area contributed by atoms with E-state index in [0.29, 0.717) is 12.5 Å². The molecule has 6 heteroatoms. The van der Waals surface area contributed by atoms with Gasteiger partial charge in [0.15, 0.2) is 5.96 Å². The highest BCUT2D eigenvalue weighted by Gasteiger charge is 2.33. The van der Waals surface area contributed by atoms with Crippen LogP contribution in [-0.2, 0) is 6.18 Å². The Labute approximate surface area is 121 Å². The Morgan fingerprint density at radius 1 is 1.33 bits per heavy atom. The molecule has 0 spiro atoms. The van der Waals surface area contributed by atoms with E-state index in [2.05, 4.69) is 16.9 Å². The predicted octanol–water partition coefficient (Wildman–Crippen LogP) is 3.04. The summed E-state index contributed by atoms with van der Waals surface area (Å²) >= 11 is 0. The zero-order chi connectivity index (χ0) is 15.5. The number of hydrogen-bond acceptors (Lipinski definition) is 1. The summed E-state index contributed by atoms with van der Waals surface area (Å²) in [5.74, 6) is 0.655. The molecule has 1 aliphatic carbocycles. The van der Waals surface area contributed by atoms with Gasteiger partial charge in [-0.25, -0.2) is 4.99 Å². The number of aliphatic imine (C=N–C) groups is 1. The second-order valence-corrected chi connectivity index (χ2v) is 5.14. The molecule has 0 aliphatic heterocycles. The van der Waals surface area contributed by atoms with Gasteiger partial charge < -0.3 is 11.1 Å². The molecule has 0 bridgehead atoms. The molecule has 1 aromatic carbocycles. The zero-order valence-electron chi connectivity index (χ0n) is 11.5. The first-order valence-electron chi connectivity index (χ1n) is 6.74. The van der Waals surface area contributed by atoms with Crippen molar-refractivity contribution < 1.29 is 13.2 Å². The highest BCUT2D eigenvalue weighted by molar-refractivity contribution is 5.78.